The van der Waals surface area contributed by atoms with Gasteiger partial charge in [0.1, 0.15) is 5.54 Å². The van der Waals surface area contributed by atoms with Crippen LogP contribution in [0.15, 0.2) is 11.0 Å². The average molecular weight is 317 g/mol. The number of aryl methyl sites for hydroxylation is 2. The van der Waals surface area contributed by atoms with Crippen molar-refractivity contribution in [3.63, 3.8) is 0 Å². The van der Waals surface area contributed by atoms with E-state index in [1.165, 1.54) is 15.6 Å². The van der Waals surface area contributed by atoms with Gasteiger partial charge in [-0.3, -0.25) is 4.79 Å². The topological polar surface area (TPSA) is 74.7 Å². The van der Waals surface area contributed by atoms with Crippen molar-refractivity contribution >= 4 is 27.3 Å². The molecule has 7 heteroatoms. The number of rotatable bonds is 4. The van der Waals surface area contributed by atoms with Gasteiger partial charge in [-0.05, 0) is 39.2 Å². The Morgan fingerprint density at radius 3 is 2.60 bits per heavy atom. The predicted molar refractivity (Wildman–Crippen MR) is 77.6 cm³/mol. The fraction of sp³-hybridized carbons (Fsp3) is 0.615. The molecule has 1 fully saturated rings. The lowest BCUT2D eigenvalue weighted by atomic mass is 9.95. The maximum absolute atomic E-state index is 12.8. The largest absolute Gasteiger partial charge is 0.480 e. The molecule has 5 nitrogen and oxygen atoms in total. The van der Waals surface area contributed by atoms with Crippen LogP contribution in [-0.2, 0) is 14.8 Å². The molecule has 0 spiro atoms. The summed E-state index contributed by atoms with van der Waals surface area (Å²) in [5.41, 5.74) is -1.29. The predicted octanol–water partition coefficient (Wildman–Crippen LogP) is 2.38. The number of carboxylic acid groups (broad SMARTS) is 1. The summed E-state index contributed by atoms with van der Waals surface area (Å²) in [7, 11) is -3.75. The molecule has 2 heterocycles. The van der Waals surface area contributed by atoms with Gasteiger partial charge in [0.25, 0.3) is 0 Å². The standard InChI is InChI=1S/C13H19NO4S2/c1-4-13(12(15)16)6-5-7-14(13)20(17,18)11-8-9(2)19-10(11)3/h8H,4-7H2,1-3H3,(H,15,16). The van der Waals surface area contributed by atoms with Crippen LogP contribution in [0.5, 0.6) is 0 Å². The Morgan fingerprint density at radius 2 is 2.15 bits per heavy atom. The highest BCUT2D eigenvalue weighted by Crippen LogP contribution is 2.39. The van der Waals surface area contributed by atoms with Crippen molar-refractivity contribution in [3.05, 3.63) is 15.8 Å². The minimum atomic E-state index is -3.75. The molecule has 1 aromatic rings. The summed E-state index contributed by atoms with van der Waals surface area (Å²) in [5.74, 6) is -1.05. The molecule has 1 saturated heterocycles. The molecule has 1 atom stereocenters. The lowest BCUT2D eigenvalue weighted by molar-refractivity contribution is -0.147. The van der Waals surface area contributed by atoms with E-state index in [0.717, 1.165) is 4.88 Å². The lowest BCUT2D eigenvalue weighted by Gasteiger charge is -2.32. The zero-order chi connectivity index (χ0) is 15.1. The highest BCUT2D eigenvalue weighted by Gasteiger charge is 2.52. The maximum atomic E-state index is 12.8. The molecule has 1 aliphatic rings. The first-order valence-corrected chi connectivity index (χ1v) is 8.84. The second-order valence-corrected chi connectivity index (χ2v) is 8.44. The fourth-order valence-electron chi connectivity index (χ4n) is 2.90. The zero-order valence-corrected chi connectivity index (χ0v) is 13.5. The number of sulfonamides is 1. The van der Waals surface area contributed by atoms with E-state index in [9.17, 15) is 18.3 Å². The van der Waals surface area contributed by atoms with Gasteiger partial charge in [-0.15, -0.1) is 11.3 Å². The van der Waals surface area contributed by atoms with E-state index in [-0.39, 0.29) is 17.9 Å². The summed E-state index contributed by atoms with van der Waals surface area (Å²) in [4.78, 5) is 13.5. The zero-order valence-electron chi connectivity index (χ0n) is 11.8. The summed E-state index contributed by atoms with van der Waals surface area (Å²) in [6.07, 6.45) is 1.24. The van der Waals surface area contributed by atoms with Crippen molar-refractivity contribution in [1.29, 1.82) is 0 Å². The van der Waals surface area contributed by atoms with E-state index >= 15 is 0 Å². The first kappa shape index (κ1) is 15.5. The van der Waals surface area contributed by atoms with Gasteiger partial charge >= 0.3 is 5.97 Å². The molecule has 1 N–H and O–H groups in total. The van der Waals surface area contributed by atoms with E-state index < -0.39 is 21.5 Å². The van der Waals surface area contributed by atoms with E-state index in [2.05, 4.69) is 0 Å². The van der Waals surface area contributed by atoms with E-state index in [4.69, 9.17) is 0 Å². The Kier molecular flexibility index (Phi) is 3.96. The third-order valence-electron chi connectivity index (χ3n) is 3.98. The molecular formula is C13H19NO4S2. The minimum Gasteiger partial charge on any atom is -0.480 e. The van der Waals surface area contributed by atoms with Gasteiger partial charge in [0.2, 0.25) is 10.0 Å². The van der Waals surface area contributed by atoms with Gasteiger partial charge in [0, 0.05) is 16.3 Å². The lowest BCUT2D eigenvalue weighted by Crippen LogP contribution is -2.52. The minimum absolute atomic E-state index is 0.251. The van der Waals surface area contributed by atoms with Gasteiger partial charge in [0.05, 0.1) is 4.90 Å². The van der Waals surface area contributed by atoms with Crippen molar-refractivity contribution in [3.8, 4) is 0 Å². The molecule has 2 rings (SSSR count). The van der Waals surface area contributed by atoms with Crippen molar-refractivity contribution in [2.45, 2.75) is 50.5 Å². The number of hydrogen-bond acceptors (Lipinski definition) is 4. The quantitative estimate of drug-likeness (QED) is 0.925. The van der Waals surface area contributed by atoms with Gasteiger partial charge < -0.3 is 5.11 Å². The van der Waals surface area contributed by atoms with Crippen LogP contribution < -0.4 is 0 Å². The first-order chi connectivity index (χ1) is 9.25. The molecule has 112 valence electrons. The average Bonchev–Trinajstić information content (AvgIpc) is 2.93. The molecule has 20 heavy (non-hydrogen) atoms. The van der Waals surface area contributed by atoms with Crippen LogP contribution >= 0.6 is 11.3 Å². The molecule has 0 radical (unpaired) electrons. The smallest absolute Gasteiger partial charge is 0.325 e. The summed E-state index contributed by atoms with van der Waals surface area (Å²) in [6, 6.07) is 1.63. The van der Waals surface area contributed by atoms with E-state index in [0.29, 0.717) is 17.7 Å². The Bertz CT molecular complexity index is 635. The molecule has 1 unspecified atom stereocenters. The van der Waals surface area contributed by atoms with Gasteiger partial charge in [-0.25, -0.2) is 8.42 Å². The second-order valence-electron chi connectivity index (χ2n) is 5.15. The van der Waals surface area contributed by atoms with Crippen LogP contribution in [0.1, 0.15) is 35.9 Å². The van der Waals surface area contributed by atoms with Crippen LogP contribution in [0.2, 0.25) is 0 Å². The Balaban J connectivity index is 2.54. The Hall–Kier alpha value is -0.920. The summed E-state index contributed by atoms with van der Waals surface area (Å²) in [5, 5.41) is 9.52. The second kappa shape index (κ2) is 5.13. The molecule has 1 aliphatic heterocycles. The van der Waals surface area contributed by atoms with Crippen LogP contribution in [0.25, 0.3) is 0 Å². The van der Waals surface area contributed by atoms with Crippen LogP contribution in [0.3, 0.4) is 0 Å². The van der Waals surface area contributed by atoms with Crippen molar-refractivity contribution < 1.29 is 18.3 Å². The number of nitrogens with zero attached hydrogens (tertiary/aromatic N) is 1. The Labute approximate surface area is 123 Å². The molecule has 0 aromatic carbocycles. The van der Waals surface area contributed by atoms with Crippen LogP contribution in [-0.4, -0.2) is 35.9 Å². The molecule has 0 saturated carbocycles. The maximum Gasteiger partial charge on any atom is 0.325 e. The van der Waals surface area contributed by atoms with Crippen molar-refractivity contribution in [1.82, 2.24) is 4.31 Å². The van der Waals surface area contributed by atoms with Gasteiger partial charge in [-0.1, -0.05) is 6.92 Å². The highest BCUT2D eigenvalue weighted by molar-refractivity contribution is 7.89. The Morgan fingerprint density at radius 1 is 1.50 bits per heavy atom. The first-order valence-electron chi connectivity index (χ1n) is 6.59. The van der Waals surface area contributed by atoms with Crippen LogP contribution in [0, 0.1) is 13.8 Å². The number of aliphatic carboxylic acids is 1. The third-order valence-corrected chi connectivity index (χ3v) is 7.16. The van der Waals surface area contributed by atoms with Crippen LogP contribution in [0.4, 0.5) is 0 Å². The summed E-state index contributed by atoms with van der Waals surface area (Å²) < 4.78 is 26.8. The molecule has 0 amide bonds. The molecular weight excluding hydrogens is 298 g/mol. The molecule has 0 aliphatic carbocycles. The molecule has 0 bridgehead atoms. The third kappa shape index (κ3) is 2.17. The number of carboxylic acids is 1. The summed E-state index contributed by atoms with van der Waals surface area (Å²) >= 11 is 1.42. The van der Waals surface area contributed by atoms with Gasteiger partial charge in [0.15, 0.2) is 0 Å². The number of thiophene rings is 1. The summed E-state index contributed by atoms with van der Waals surface area (Å²) in [6.45, 7) is 5.62. The number of hydrogen-bond donors (Lipinski definition) is 1. The fourth-order valence-corrected chi connectivity index (χ4v) is 6.29. The highest BCUT2D eigenvalue weighted by atomic mass is 32.2. The van der Waals surface area contributed by atoms with Gasteiger partial charge in [-0.2, -0.15) is 4.31 Å². The van der Waals surface area contributed by atoms with E-state index in [1.54, 1.807) is 19.9 Å². The van der Waals surface area contributed by atoms with Crippen molar-refractivity contribution in [2.75, 3.05) is 6.54 Å². The van der Waals surface area contributed by atoms with Crippen molar-refractivity contribution in [2.24, 2.45) is 0 Å². The normalized spacial score (nSPS) is 24.1. The number of carbonyl (C=O) groups is 1. The monoisotopic (exact) mass is 317 g/mol. The van der Waals surface area contributed by atoms with E-state index in [1.807, 2.05) is 6.92 Å². The molecule has 1 aromatic heterocycles. The SMILES string of the molecule is CCC1(C(=O)O)CCCN1S(=O)(=O)c1cc(C)sc1C.